The first-order valence-electron chi connectivity index (χ1n) is 5.61. The maximum absolute atomic E-state index is 10.6. The number of carbonyl (C=O) groups is 1. The van der Waals surface area contributed by atoms with E-state index in [0.717, 1.165) is 15.8 Å². The van der Waals surface area contributed by atoms with E-state index in [1.165, 1.54) is 0 Å². The second-order valence-electron chi connectivity index (χ2n) is 4.13. The summed E-state index contributed by atoms with van der Waals surface area (Å²) in [6, 6.07) is 9.10. The Bertz CT molecular complexity index is 558. The zero-order valence-corrected chi connectivity index (χ0v) is 11.7. The van der Waals surface area contributed by atoms with Crippen molar-refractivity contribution in [1.29, 1.82) is 0 Å². The van der Waals surface area contributed by atoms with Gasteiger partial charge in [0.05, 0.1) is 11.7 Å². The molecule has 94 valence electrons. The molecule has 3 nitrogen and oxygen atoms in total. The van der Waals surface area contributed by atoms with E-state index in [2.05, 4.69) is 15.9 Å². The van der Waals surface area contributed by atoms with E-state index in [-0.39, 0.29) is 6.10 Å². The van der Waals surface area contributed by atoms with Gasteiger partial charge in [-0.05, 0) is 44.2 Å². The highest BCUT2D eigenvalue weighted by atomic mass is 79.9. The topological polar surface area (TPSA) is 39.4 Å². The van der Waals surface area contributed by atoms with Crippen LogP contribution in [0.3, 0.4) is 0 Å². The van der Waals surface area contributed by atoms with Crippen LogP contribution in [0.5, 0.6) is 5.75 Å². The van der Waals surface area contributed by atoms with Gasteiger partial charge < -0.3 is 9.15 Å². The van der Waals surface area contributed by atoms with Crippen LogP contribution in [0.1, 0.15) is 24.4 Å². The van der Waals surface area contributed by atoms with Crippen molar-refractivity contribution in [3.05, 3.63) is 40.6 Å². The molecule has 0 aliphatic carbocycles. The summed E-state index contributed by atoms with van der Waals surface area (Å²) >= 11 is 3.41. The molecule has 0 saturated heterocycles. The summed E-state index contributed by atoms with van der Waals surface area (Å²) in [4.78, 5) is 10.6. The molecule has 0 aliphatic rings. The Kier molecular flexibility index (Phi) is 3.87. The van der Waals surface area contributed by atoms with Crippen LogP contribution < -0.4 is 4.74 Å². The first-order valence-corrected chi connectivity index (χ1v) is 6.41. The molecular weight excluding hydrogens is 296 g/mol. The van der Waals surface area contributed by atoms with Gasteiger partial charge in [-0.2, -0.15) is 0 Å². The first kappa shape index (κ1) is 12.9. The number of hydrogen-bond donors (Lipinski definition) is 0. The third-order valence-corrected chi connectivity index (χ3v) is 2.81. The lowest BCUT2D eigenvalue weighted by Gasteiger charge is -2.13. The average Bonchev–Trinajstić information content (AvgIpc) is 2.77. The summed E-state index contributed by atoms with van der Waals surface area (Å²) in [5, 5.41) is 0. The van der Waals surface area contributed by atoms with E-state index < -0.39 is 0 Å². The van der Waals surface area contributed by atoms with Gasteiger partial charge in [0.25, 0.3) is 0 Å². The molecule has 1 heterocycles. The van der Waals surface area contributed by atoms with Crippen molar-refractivity contribution in [3.8, 4) is 17.1 Å². The smallest absolute Gasteiger partial charge is 0.185 e. The quantitative estimate of drug-likeness (QED) is 0.790. The second-order valence-corrected chi connectivity index (χ2v) is 5.04. The molecular formula is C14H13BrO3. The van der Waals surface area contributed by atoms with Crippen LogP contribution in [-0.4, -0.2) is 12.4 Å². The Morgan fingerprint density at radius 1 is 1.28 bits per heavy atom. The van der Waals surface area contributed by atoms with Crippen molar-refractivity contribution in [2.45, 2.75) is 20.0 Å². The SMILES string of the molecule is CC(C)Oc1cc(Br)ccc1-c1ccc(C=O)o1. The van der Waals surface area contributed by atoms with E-state index in [4.69, 9.17) is 9.15 Å². The fraction of sp³-hybridized carbons (Fsp3) is 0.214. The minimum Gasteiger partial charge on any atom is -0.490 e. The third-order valence-electron chi connectivity index (χ3n) is 2.31. The standard InChI is InChI=1S/C14H13BrO3/c1-9(2)17-14-7-10(15)3-5-12(14)13-6-4-11(8-16)18-13/h3-9H,1-2H3. The van der Waals surface area contributed by atoms with Gasteiger partial charge in [0.1, 0.15) is 11.5 Å². The number of rotatable bonds is 4. The molecule has 2 aromatic rings. The molecule has 0 saturated carbocycles. The van der Waals surface area contributed by atoms with E-state index in [1.807, 2.05) is 32.0 Å². The van der Waals surface area contributed by atoms with E-state index in [0.29, 0.717) is 17.8 Å². The minimum absolute atomic E-state index is 0.0681. The van der Waals surface area contributed by atoms with Crippen LogP contribution >= 0.6 is 15.9 Å². The van der Waals surface area contributed by atoms with Crippen LogP contribution in [0.2, 0.25) is 0 Å². The number of aldehydes is 1. The Balaban J connectivity index is 2.45. The van der Waals surface area contributed by atoms with Crippen LogP contribution in [-0.2, 0) is 0 Å². The van der Waals surface area contributed by atoms with E-state index >= 15 is 0 Å². The molecule has 0 atom stereocenters. The molecule has 0 radical (unpaired) electrons. The zero-order chi connectivity index (χ0) is 13.1. The highest BCUT2D eigenvalue weighted by Crippen LogP contribution is 2.34. The van der Waals surface area contributed by atoms with Crippen LogP contribution in [0.4, 0.5) is 0 Å². The third kappa shape index (κ3) is 2.82. The second kappa shape index (κ2) is 5.40. The van der Waals surface area contributed by atoms with Gasteiger partial charge in [-0.3, -0.25) is 4.79 Å². The maximum atomic E-state index is 10.6. The lowest BCUT2D eigenvalue weighted by atomic mass is 10.1. The average molecular weight is 309 g/mol. The predicted molar refractivity (Wildman–Crippen MR) is 73.0 cm³/mol. The molecule has 0 N–H and O–H groups in total. The lowest BCUT2D eigenvalue weighted by Crippen LogP contribution is -2.06. The molecule has 0 unspecified atom stereocenters. The largest absolute Gasteiger partial charge is 0.490 e. The summed E-state index contributed by atoms with van der Waals surface area (Å²) in [6.45, 7) is 3.92. The molecule has 0 aliphatic heterocycles. The molecule has 1 aromatic heterocycles. The van der Waals surface area contributed by atoms with Crippen molar-refractivity contribution in [3.63, 3.8) is 0 Å². The maximum Gasteiger partial charge on any atom is 0.185 e. The van der Waals surface area contributed by atoms with Gasteiger partial charge in [0, 0.05) is 4.47 Å². The van der Waals surface area contributed by atoms with Gasteiger partial charge >= 0.3 is 0 Å². The van der Waals surface area contributed by atoms with Crippen LogP contribution in [0, 0.1) is 0 Å². The Hall–Kier alpha value is -1.55. The Morgan fingerprint density at radius 3 is 2.67 bits per heavy atom. The highest BCUT2D eigenvalue weighted by molar-refractivity contribution is 9.10. The molecule has 0 spiro atoms. The summed E-state index contributed by atoms with van der Waals surface area (Å²) < 4.78 is 12.1. The minimum atomic E-state index is 0.0681. The summed E-state index contributed by atoms with van der Waals surface area (Å²) in [6.07, 6.45) is 0.754. The Labute approximate surface area is 114 Å². The van der Waals surface area contributed by atoms with Crippen molar-refractivity contribution in [1.82, 2.24) is 0 Å². The number of hydrogen-bond acceptors (Lipinski definition) is 3. The van der Waals surface area contributed by atoms with Gasteiger partial charge in [-0.1, -0.05) is 15.9 Å². The lowest BCUT2D eigenvalue weighted by molar-refractivity contribution is 0.110. The van der Waals surface area contributed by atoms with Crippen molar-refractivity contribution in [2.24, 2.45) is 0 Å². The number of ether oxygens (including phenoxy) is 1. The number of carbonyl (C=O) groups excluding carboxylic acids is 1. The molecule has 1 aromatic carbocycles. The van der Waals surface area contributed by atoms with Gasteiger partial charge in [0.15, 0.2) is 12.0 Å². The van der Waals surface area contributed by atoms with Crippen LogP contribution in [0.15, 0.2) is 39.2 Å². The molecule has 0 fully saturated rings. The molecule has 4 heteroatoms. The molecule has 0 bridgehead atoms. The van der Waals surface area contributed by atoms with E-state index in [1.54, 1.807) is 12.1 Å². The first-order chi connectivity index (χ1) is 8.60. The summed E-state index contributed by atoms with van der Waals surface area (Å²) in [5.41, 5.74) is 0.833. The summed E-state index contributed by atoms with van der Waals surface area (Å²) in [7, 11) is 0. The number of benzene rings is 1. The van der Waals surface area contributed by atoms with Crippen molar-refractivity contribution in [2.75, 3.05) is 0 Å². The molecule has 2 rings (SSSR count). The highest BCUT2D eigenvalue weighted by Gasteiger charge is 2.12. The predicted octanol–water partition coefficient (Wildman–Crippen LogP) is 4.31. The number of halogens is 1. The zero-order valence-electron chi connectivity index (χ0n) is 10.1. The van der Waals surface area contributed by atoms with Crippen molar-refractivity contribution >= 4 is 22.2 Å². The Morgan fingerprint density at radius 2 is 2.06 bits per heavy atom. The normalized spacial score (nSPS) is 10.7. The molecule has 0 amide bonds. The fourth-order valence-corrected chi connectivity index (χ4v) is 1.95. The monoisotopic (exact) mass is 308 g/mol. The van der Waals surface area contributed by atoms with Crippen LogP contribution in [0.25, 0.3) is 11.3 Å². The van der Waals surface area contributed by atoms with Gasteiger partial charge in [-0.15, -0.1) is 0 Å². The van der Waals surface area contributed by atoms with Crippen molar-refractivity contribution < 1.29 is 13.9 Å². The molecule has 18 heavy (non-hydrogen) atoms. The van der Waals surface area contributed by atoms with Gasteiger partial charge in [-0.25, -0.2) is 0 Å². The van der Waals surface area contributed by atoms with E-state index in [9.17, 15) is 4.79 Å². The van der Waals surface area contributed by atoms with Gasteiger partial charge in [0.2, 0.25) is 0 Å². The number of furan rings is 1. The summed E-state index contributed by atoms with van der Waals surface area (Å²) in [5.74, 6) is 1.66. The fourth-order valence-electron chi connectivity index (χ4n) is 1.61.